The van der Waals surface area contributed by atoms with Crippen molar-refractivity contribution < 1.29 is 9.90 Å². The van der Waals surface area contributed by atoms with E-state index in [1.165, 1.54) is 19.6 Å². The smallest absolute Gasteiger partial charge is 0.218 e. The molecular formula is C34H47O2S2+. The fourth-order valence-electron chi connectivity index (χ4n) is 4.72. The number of thioether (sulfide) groups is 1. The van der Waals surface area contributed by atoms with Gasteiger partial charge in [0.2, 0.25) is 26.9 Å². The Balaban J connectivity index is 1.96. The molecule has 0 aromatic carbocycles. The second-order valence-electron chi connectivity index (χ2n) is 14.1. The molecule has 2 aliphatic rings. The highest BCUT2D eigenvalue weighted by Crippen LogP contribution is 2.42. The average molecular weight is 552 g/mol. The summed E-state index contributed by atoms with van der Waals surface area (Å²) in [6.45, 7) is 22.5. The molecule has 0 bridgehead atoms. The van der Waals surface area contributed by atoms with Crippen molar-refractivity contribution in [2.75, 3.05) is 0 Å². The number of aliphatic hydroxyl groups is 1. The summed E-state index contributed by atoms with van der Waals surface area (Å²) in [6, 6.07) is 4.37. The summed E-state index contributed by atoms with van der Waals surface area (Å²) in [5.74, 6) is 1.16. The van der Waals surface area contributed by atoms with Crippen LogP contribution in [0.3, 0.4) is 0 Å². The molecule has 0 saturated heterocycles. The van der Waals surface area contributed by atoms with Gasteiger partial charge < -0.3 is 5.11 Å². The summed E-state index contributed by atoms with van der Waals surface area (Å²) in [4.78, 5) is 18.5. The van der Waals surface area contributed by atoms with Crippen molar-refractivity contribution in [3.05, 3.63) is 78.0 Å². The van der Waals surface area contributed by atoms with Gasteiger partial charge in [-0.1, -0.05) is 81.0 Å². The molecule has 1 N–H and O–H groups in total. The molecule has 0 fully saturated rings. The lowest BCUT2D eigenvalue weighted by molar-refractivity contribution is -0.113. The van der Waals surface area contributed by atoms with E-state index in [1.807, 2.05) is 35.3 Å². The predicted molar refractivity (Wildman–Crippen MR) is 168 cm³/mol. The Kier molecular flexibility index (Phi) is 9.74. The van der Waals surface area contributed by atoms with Gasteiger partial charge in [-0.25, -0.2) is 0 Å². The van der Waals surface area contributed by atoms with Crippen molar-refractivity contribution in [2.24, 2.45) is 22.7 Å². The molecule has 206 valence electrons. The molecule has 2 heterocycles. The summed E-state index contributed by atoms with van der Waals surface area (Å²) >= 11 is 3.73. The lowest BCUT2D eigenvalue weighted by atomic mass is 9.85. The minimum Gasteiger partial charge on any atom is -0.506 e. The van der Waals surface area contributed by atoms with Gasteiger partial charge in [0, 0.05) is 25.0 Å². The molecule has 1 aromatic heterocycles. The number of aliphatic hydroxyl groups excluding tert-OH is 1. The molecule has 0 radical (unpaired) electrons. The van der Waals surface area contributed by atoms with Crippen LogP contribution in [0.25, 0.3) is 6.08 Å². The van der Waals surface area contributed by atoms with Crippen LogP contribution in [0.2, 0.25) is 0 Å². The number of Topliss-reactive ketones (excluding diaryl/α,β-unsaturated/α-hetero) is 1. The van der Waals surface area contributed by atoms with Crippen LogP contribution in [0, 0.1) is 22.7 Å². The summed E-state index contributed by atoms with van der Waals surface area (Å²) in [7, 11) is 0. The number of allylic oxidation sites excluding steroid dienone is 8. The minimum atomic E-state index is -0.0758. The van der Waals surface area contributed by atoms with E-state index in [0.29, 0.717) is 23.0 Å². The van der Waals surface area contributed by atoms with Crippen LogP contribution in [-0.4, -0.2) is 10.9 Å². The quantitative estimate of drug-likeness (QED) is 0.258. The van der Waals surface area contributed by atoms with Crippen LogP contribution in [0.1, 0.15) is 97.4 Å². The minimum absolute atomic E-state index is 0.0758. The Bertz CT molecular complexity index is 1220. The first-order valence-electron chi connectivity index (χ1n) is 14.0. The molecule has 0 amide bonds. The van der Waals surface area contributed by atoms with Crippen LogP contribution in [-0.2, 0) is 17.6 Å². The maximum Gasteiger partial charge on any atom is 0.218 e. The zero-order valence-electron chi connectivity index (χ0n) is 25.1. The molecule has 4 heteroatoms. The standard InChI is InChI=1S/C34H46O2S2/c1-21(2)11-25-13-23(15-27(37-25)19-33(5,6)7)17-29-31(35)30(32(29)36)18-24-14-26(12-22(3)4)38-28(16-24)20-34(8,9)10/h13-18,21-22H,11-12,19-20H2,1-10H3/p+1. The second kappa shape index (κ2) is 12.1. The largest absolute Gasteiger partial charge is 0.506 e. The van der Waals surface area contributed by atoms with E-state index >= 15 is 0 Å². The van der Waals surface area contributed by atoms with Crippen molar-refractivity contribution in [3.63, 3.8) is 0 Å². The summed E-state index contributed by atoms with van der Waals surface area (Å²) in [6.07, 6.45) is 12.1. The highest BCUT2D eigenvalue weighted by molar-refractivity contribution is 8.06. The highest BCUT2D eigenvalue weighted by atomic mass is 32.2. The Morgan fingerprint density at radius 1 is 0.842 bits per heavy atom. The molecule has 38 heavy (non-hydrogen) atoms. The third-order valence-electron chi connectivity index (χ3n) is 6.08. The van der Waals surface area contributed by atoms with Crippen LogP contribution < -0.4 is 0 Å². The van der Waals surface area contributed by atoms with Crippen molar-refractivity contribution in [1.82, 2.24) is 0 Å². The average Bonchev–Trinajstić information content (AvgIpc) is 2.72. The Morgan fingerprint density at radius 3 is 1.97 bits per heavy atom. The number of rotatable bonds is 8. The molecule has 0 spiro atoms. The van der Waals surface area contributed by atoms with Crippen molar-refractivity contribution >= 4 is 35.0 Å². The third kappa shape index (κ3) is 9.09. The summed E-state index contributed by atoms with van der Waals surface area (Å²) < 4.78 is 0. The lowest BCUT2D eigenvalue weighted by Gasteiger charge is -2.25. The SMILES string of the molecule is CC(C)CC1=CC(=CC2=C(O)C(=Cc3cc(CC(C)C)[s+]c(CC(C)(C)C)c3)C2=O)C=C(CC(C)(C)C)S1. The van der Waals surface area contributed by atoms with Crippen LogP contribution in [0.5, 0.6) is 0 Å². The Hall–Kier alpha value is -1.91. The lowest BCUT2D eigenvalue weighted by Crippen LogP contribution is -2.21. The van der Waals surface area contributed by atoms with Gasteiger partial charge >= 0.3 is 0 Å². The monoisotopic (exact) mass is 551 g/mol. The van der Waals surface area contributed by atoms with Gasteiger partial charge in [-0.2, -0.15) is 0 Å². The van der Waals surface area contributed by atoms with E-state index in [2.05, 4.69) is 93.5 Å². The van der Waals surface area contributed by atoms with Crippen LogP contribution >= 0.6 is 23.1 Å². The number of ketones is 1. The number of hydrogen-bond donors (Lipinski definition) is 1. The topological polar surface area (TPSA) is 37.3 Å². The molecular weight excluding hydrogens is 505 g/mol. The van der Waals surface area contributed by atoms with Crippen LogP contribution in [0.15, 0.2) is 62.6 Å². The fraction of sp³-hybridized carbons (Fsp3) is 0.529. The molecule has 0 unspecified atom stereocenters. The zero-order chi connectivity index (χ0) is 28.4. The van der Waals surface area contributed by atoms with Crippen LogP contribution in [0.4, 0.5) is 0 Å². The van der Waals surface area contributed by atoms with Gasteiger partial charge in [0.1, 0.15) is 5.76 Å². The molecule has 1 aliphatic carbocycles. The number of hydrogen-bond acceptors (Lipinski definition) is 3. The Labute approximate surface area is 239 Å². The summed E-state index contributed by atoms with van der Waals surface area (Å²) in [5, 5.41) is 11.0. The molecule has 3 rings (SSSR count). The van der Waals surface area contributed by atoms with E-state index in [0.717, 1.165) is 36.8 Å². The molecule has 0 saturated carbocycles. The molecule has 2 nitrogen and oxygen atoms in total. The third-order valence-corrected chi connectivity index (χ3v) is 8.23. The predicted octanol–water partition coefficient (Wildman–Crippen LogP) is 10.5. The normalized spacial score (nSPS) is 19.0. The first kappa shape index (κ1) is 30.6. The van der Waals surface area contributed by atoms with E-state index in [-0.39, 0.29) is 22.4 Å². The van der Waals surface area contributed by atoms with E-state index in [1.54, 1.807) is 0 Å². The van der Waals surface area contributed by atoms with Crippen molar-refractivity contribution in [2.45, 2.75) is 94.9 Å². The second-order valence-corrected chi connectivity index (χ2v) is 16.6. The molecule has 1 aromatic rings. The zero-order valence-corrected chi connectivity index (χ0v) is 26.8. The molecule has 1 aliphatic heterocycles. The van der Waals surface area contributed by atoms with E-state index < -0.39 is 0 Å². The summed E-state index contributed by atoms with van der Waals surface area (Å²) in [5.41, 5.74) is 3.21. The van der Waals surface area contributed by atoms with Crippen molar-refractivity contribution in [1.29, 1.82) is 0 Å². The Morgan fingerprint density at radius 2 is 1.42 bits per heavy atom. The molecule has 0 atom stereocenters. The fourth-order valence-corrected chi connectivity index (χ4v) is 8.01. The van der Waals surface area contributed by atoms with Gasteiger partial charge in [-0.05, 0) is 80.8 Å². The van der Waals surface area contributed by atoms with E-state index in [9.17, 15) is 9.90 Å². The maximum atomic E-state index is 13.2. The number of carbonyl (C=O) groups is 1. The first-order valence-corrected chi connectivity index (χ1v) is 15.6. The van der Waals surface area contributed by atoms with Gasteiger partial charge in [-0.15, -0.1) is 0 Å². The van der Waals surface area contributed by atoms with Crippen molar-refractivity contribution in [3.8, 4) is 0 Å². The van der Waals surface area contributed by atoms with Gasteiger partial charge in [-0.3, -0.25) is 4.79 Å². The van der Waals surface area contributed by atoms with Gasteiger partial charge in [0.25, 0.3) is 0 Å². The maximum absolute atomic E-state index is 13.2. The number of carbonyl (C=O) groups excluding carboxylic acids is 1. The van der Waals surface area contributed by atoms with Gasteiger partial charge in [0.05, 0.1) is 11.1 Å². The van der Waals surface area contributed by atoms with E-state index in [4.69, 9.17) is 0 Å². The van der Waals surface area contributed by atoms with Gasteiger partial charge in [0.15, 0.2) is 0 Å². The first-order chi connectivity index (χ1) is 17.5. The highest BCUT2D eigenvalue weighted by Gasteiger charge is 2.33.